The Morgan fingerprint density at radius 2 is 1.87 bits per heavy atom. The molecule has 0 aliphatic carbocycles. The molecule has 2 heterocycles. The van der Waals surface area contributed by atoms with Crippen molar-refractivity contribution in [1.29, 1.82) is 0 Å². The van der Waals surface area contributed by atoms with Crippen molar-refractivity contribution < 1.29 is 0 Å². The summed E-state index contributed by atoms with van der Waals surface area (Å²) in [5.41, 5.74) is 7.88. The summed E-state index contributed by atoms with van der Waals surface area (Å²) in [6.45, 7) is 2.04. The molecule has 0 aliphatic rings. The van der Waals surface area contributed by atoms with Crippen LogP contribution in [-0.4, -0.2) is 38.6 Å². The molecule has 120 valence electrons. The second-order valence-electron chi connectivity index (χ2n) is 5.45. The van der Waals surface area contributed by atoms with Gasteiger partial charge in [-0.2, -0.15) is 15.0 Å². The van der Waals surface area contributed by atoms with Crippen molar-refractivity contribution in [3.05, 3.63) is 30.1 Å². The number of fused-ring (bicyclic) bond motifs is 1. The number of nitrogens with two attached hydrogens (primary N) is 1. The third kappa shape index (κ3) is 3.07. The number of aromatic nitrogens is 5. The highest BCUT2D eigenvalue weighted by atomic mass is 32.2. The minimum absolute atomic E-state index is 0.00881. The lowest BCUT2D eigenvalue weighted by atomic mass is 10.3. The molecule has 0 saturated heterocycles. The number of para-hydroxylation sites is 2. The number of benzene rings is 1. The Balaban J connectivity index is 1.91. The molecule has 1 aromatic carbocycles. The van der Waals surface area contributed by atoms with Crippen LogP contribution in [0.3, 0.4) is 0 Å². The number of hydrogen-bond donors (Lipinski definition) is 1. The molecule has 23 heavy (non-hydrogen) atoms. The minimum Gasteiger partial charge on any atom is -0.368 e. The summed E-state index contributed by atoms with van der Waals surface area (Å²) in [5, 5.41) is 0.929. The van der Waals surface area contributed by atoms with E-state index in [9.17, 15) is 0 Å². The highest BCUT2D eigenvalue weighted by molar-refractivity contribution is 7.99. The quantitative estimate of drug-likeness (QED) is 0.735. The molecule has 0 bridgehead atoms. The van der Waals surface area contributed by atoms with Gasteiger partial charge in [-0.1, -0.05) is 23.9 Å². The van der Waals surface area contributed by atoms with Gasteiger partial charge in [0.2, 0.25) is 11.9 Å². The van der Waals surface area contributed by atoms with Gasteiger partial charge in [-0.15, -0.1) is 0 Å². The lowest BCUT2D eigenvalue weighted by Gasteiger charge is -2.14. The summed E-state index contributed by atoms with van der Waals surface area (Å²) >= 11 is 1.60. The summed E-state index contributed by atoms with van der Waals surface area (Å²) in [5.74, 6) is 1.44. The lowest BCUT2D eigenvalue weighted by molar-refractivity contribution is 0.802. The van der Waals surface area contributed by atoms with Crippen LogP contribution in [0.15, 0.2) is 29.4 Å². The van der Waals surface area contributed by atoms with E-state index in [1.807, 2.05) is 51.2 Å². The summed E-state index contributed by atoms with van der Waals surface area (Å²) in [6, 6.07) is 8.07. The Labute approximate surface area is 139 Å². The lowest BCUT2D eigenvalue weighted by Crippen LogP contribution is -2.16. The fourth-order valence-corrected chi connectivity index (χ4v) is 3.15. The summed E-state index contributed by atoms with van der Waals surface area (Å²) in [4.78, 5) is 19.4. The standard InChI is InChI=1S/C15H19N7S/c1-9(12-18-13(16)20-14(19-12)21(2)3)23-15-17-10-7-5-6-8-11(10)22(15)4/h5-9H,1-4H3,(H2,16,18,19,20)/t9-/m1/s1. The summed E-state index contributed by atoms with van der Waals surface area (Å²) in [6.07, 6.45) is 0. The molecule has 2 aromatic heterocycles. The van der Waals surface area contributed by atoms with Crippen molar-refractivity contribution in [2.75, 3.05) is 24.7 Å². The maximum atomic E-state index is 5.80. The monoisotopic (exact) mass is 329 g/mol. The number of imidazole rings is 1. The zero-order chi connectivity index (χ0) is 16.6. The van der Waals surface area contributed by atoms with Gasteiger partial charge in [-0.05, 0) is 19.1 Å². The Morgan fingerprint density at radius 1 is 1.13 bits per heavy atom. The van der Waals surface area contributed by atoms with E-state index >= 15 is 0 Å². The molecule has 3 aromatic rings. The Hall–Kier alpha value is -2.35. The Morgan fingerprint density at radius 3 is 2.57 bits per heavy atom. The molecule has 0 amide bonds. The van der Waals surface area contributed by atoms with E-state index in [0.29, 0.717) is 11.8 Å². The average molecular weight is 329 g/mol. The van der Waals surface area contributed by atoms with Gasteiger partial charge >= 0.3 is 0 Å². The normalized spacial score (nSPS) is 12.5. The van der Waals surface area contributed by atoms with Gasteiger partial charge in [0.25, 0.3) is 0 Å². The van der Waals surface area contributed by atoms with Crippen LogP contribution in [0.5, 0.6) is 0 Å². The zero-order valence-electron chi connectivity index (χ0n) is 13.6. The largest absolute Gasteiger partial charge is 0.368 e. The zero-order valence-corrected chi connectivity index (χ0v) is 14.4. The van der Waals surface area contributed by atoms with Gasteiger partial charge in [0, 0.05) is 21.1 Å². The molecule has 1 atom stereocenters. The topological polar surface area (TPSA) is 85.8 Å². The maximum Gasteiger partial charge on any atom is 0.229 e. The molecular formula is C15H19N7S. The third-order valence-corrected chi connectivity index (χ3v) is 4.59. The first-order valence-electron chi connectivity index (χ1n) is 7.22. The maximum absolute atomic E-state index is 5.80. The van der Waals surface area contributed by atoms with Gasteiger partial charge in [-0.25, -0.2) is 4.98 Å². The predicted octanol–water partition coefficient (Wildman–Crippen LogP) is 2.26. The van der Waals surface area contributed by atoms with Crippen LogP contribution in [0.2, 0.25) is 0 Å². The van der Waals surface area contributed by atoms with Crippen LogP contribution in [0.4, 0.5) is 11.9 Å². The van der Waals surface area contributed by atoms with E-state index in [0.717, 1.165) is 16.2 Å². The van der Waals surface area contributed by atoms with Crippen molar-refractivity contribution in [3.8, 4) is 0 Å². The van der Waals surface area contributed by atoms with Crippen LogP contribution in [0, 0.1) is 0 Å². The molecule has 3 rings (SSSR count). The third-order valence-electron chi connectivity index (χ3n) is 3.45. The van der Waals surface area contributed by atoms with E-state index < -0.39 is 0 Å². The fraction of sp³-hybridized carbons (Fsp3) is 0.333. The molecule has 2 N–H and O–H groups in total. The molecule has 0 saturated carbocycles. The van der Waals surface area contributed by atoms with Gasteiger partial charge < -0.3 is 15.2 Å². The van der Waals surface area contributed by atoms with Crippen LogP contribution in [-0.2, 0) is 7.05 Å². The molecule has 0 fully saturated rings. The van der Waals surface area contributed by atoms with Crippen LogP contribution in [0.1, 0.15) is 18.0 Å². The molecule has 8 heteroatoms. The van der Waals surface area contributed by atoms with E-state index in [1.165, 1.54) is 0 Å². The van der Waals surface area contributed by atoms with Gasteiger partial charge in [0.05, 0.1) is 16.3 Å². The first kappa shape index (κ1) is 15.5. The highest BCUT2D eigenvalue weighted by Gasteiger charge is 2.17. The highest BCUT2D eigenvalue weighted by Crippen LogP contribution is 2.34. The number of hydrogen-bond acceptors (Lipinski definition) is 7. The number of aryl methyl sites for hydroxylation is 1. The number of thioether (sulfide) groups is 1. The predicted molar refractivity (Wildman–Crippen MR) is 93.6 cm³/mol. The number of nitrogen functional groups attached to an aromatic ring is 1. The van der Waals surface area contributed by atoms with E-state index in [1.54, 1.807) is 11.8 Å². The first-order chi connectivity index (χ1) is 11.0. The molecule has 7 nitrogen and oxygen atoms in total. The Kier molecular flexibility index (Phi) is 4.08. The number of nitrogens with zero attached hydrogens (tertiary/aromatic N) is 6. The smallest absolute Gasteiger partial charge is 0.229 e. The SMILES string of the molecule is C[C@@H](Sc1nc2ccccc2n1C)c1nc(N)nc(N(C)C)n1. The molecule has 0 unspecified atom stereocenters. The van der Waals surface area contributed by atoms with Gasteiger partial charge in [0.15, 0.2) is 5.16 Å². The fourth-order valence-electron chi connectivity index (χ4n) is 2.22. The van der Waals surface area contributed by atoms with Crippen molar-refractivity contribution in [2.45, 2.75) is 17.3 Å². The van der Waals surface area contributed by atoms with Crippen LogP contribution in [0.25, 0.3) is 11.0 Å². The number of anilines is 2. The molecule has 0 spiro atoms. The van der Waals surface area contributed by atoms with Crippen molar-refractivity contribution >= 4 is 34.7 Å². The van der Waals surface area contributed by atoms with E-state index in [2.05, 4.69) is 30.6 Å². The Bertz CT molecular complexity index is 843. The average Bonchev–Trinajstić information content (AvgIpc) is 2.83. The van der Waals surface area contributed by atoms with E-state index in [-0.39, 0.29) is 11.2 Å². The number of rotatable bonds is 4. The summed E-state index contributed by atoms with van der Waals surface area (Å²) in [7, 11) is 5.76. The summed E-state index contributed by atoms with van der Waals surface area (Å²) < 4.78 is 2.08. The molecule has 0 radical (unpaired) electrons. The second kappa shape index (κ2) is 6.04. The van der Waals surface area contributed by atoms with E-state index in [4.69, 9.17) is 5.73 Å². The molecule has 0 aliphatic heterocycles. The van der Waals surface area contributed by atoms with Crippen molar-refractivity contribution in [2.24, 2.45) is 7.05 Å². The van der Waals surface area contributed by atoms with Crippen molar-refractivity contribution in [1.82, 2.24) is 24.5 Å². The van der Waals surface area contributed by atoms with Crippen LogP contribution < -0.4 is 10.6 Å². The minimum atomic E-state index is 0.00881. The second-order valence-corrected chi connectivity index (χ2v) is 6.76. The van der Waals surface area contributed by atoms with Crippen LogP contribution >= 0.6 is 11.8 Å². The van der Waals surface area contributed by atoms with Gasteiger partial charge in [-0.3, -0.25) is 0 Å². The first-order valence-corrected chi connectivity index (χ1v) is 8.10. The molecular weight excluding hydrogens is 310 g/mol. The van der Waals surface area contributed by atoms with Crippen molar-refractivity contribution in [3.63, 3.8) is 0 Å². The van der Waals surface area contributed by atoms with Gasteiger partial charge in [0.1, 0.15) is 5.82 Å².